The summed E-state index contributed by atoms with van der Waals surface area (Å²) in [5, 5.41) is 1.08. The third-order valence-corrected chi connectivity index (χ3v) is 6.14. The van der Waals surface area contributed by atoms with Gasteiger partial charge in [0.15, 0.2) is 9.84 Å². The number of benzene rings is 3. The van der Waals surface area contributed by atoms with Crippen LogP contribution in [-0.4, -0.2) is 14.7 Å². The largest absolute Gasteiger partial charge is 0.224 e. The average molecular weight is 412 g/mol. The van der Waals surface area contributed by atoms with Crippen LogP contribution in [0.15, 0.2) is 65.6 Å². The van der Waals surface area contributed by atoms with E-state index in [9.17, 15) is 8.42 Å². The van der Waals surface area contributed by atoms with Gasteiger partial charge in [0.25, 0.3) is 0 Å². The van der Waals surface area contributed by atoms with Crippen molar-refractivity contribution in [3.05, 3.63) is 75.7 Å². The third kappa shape index (κ3) is 3.85. The maximum Gasteiger partial charge on any atom is 0.175 e. The molecule has 0 unspecified atom stereocenters. The van der Waals surface area contributed by atoms with E-state index >= 15 is 0 Å². The molecule has 0 aliphatic heterocycles. The molecule has 0 bridgehead atoms. The lowest BCUT2D eigenvalue weighted by atomic mass is 9.95. The molecular formula is C19H13Cl3O2S. The SMILES string of the molecule is CS(=O)(=O)c1ccc(-c2ccccc2-c2cc(Cl)c(Cl)c(Cl)c2)cc1. The van der Waals surface area contributed by atoms with Crippen LogP contribution in [0.4, 0.5) is 0 Å². The van der Waals surface area contributed by atoms with Crippen molar-refractivity contribution in [2.45, 2.75) is 4.90 Å². The van der Waals surface area contributed by atoms with Gasteiger partial charge in [0.2, 0.25) is 0 Å². The van der Waals surface area contributed by atoms with E-state index in [-0.39, 0.29) is 4.90 Å². The lowest BCUT2D eigenvalue weighted by Crippen LogP contribution is -1.96. The van der Waals surface area contributed by atoms with Gasteiger partial charge in [0.05, 0.1) is 20.0 Å². The Bertz CT molecular complexity index is 1020. The fraction of sp³-hybridized carbons (Fsp3) is 0.0526. The summed E-state index contributed by atoms with van der Waals surface area (Å²) in [7, 11) is -3.23. The molecule has 0 radical (unpaired) electrons. The van der Waals surface area contributed by atoms with Crippen LogP contribution in [0.2, 0.25) is 15.1 Å². The Morgan fingerprint density at radius 3 is 1.68 bits per heavy atom. The summed E-state index contributed by atoms with van der Waals surface area (Å²) in [6.07, 6.45) is 1.19. The van der Waals surface area contributed by atoms with Gasteiger partial charge in [-0.05, 0) is 46.5 Å². The van der Waals surface area contributed by atoms with Crippen molar-refractivity contribution in [1.82, 2.24) is 0 Å². The zero-order chi connectivity index (χ0) is 18.2. The normalized spacial score (nSPS) is 11.5. The van der Waals surface area contributed by atoms with Gasteiger partial charge in [0, 0.05) is 6.26 Å². The Labute approximate surface area is 161 Å². The van der Waals surface area contributed by atoms with Crippen molar-refractivity contribution in [3.8, 4) is 22.3 Å². The van der Waals surface area contributed by atoms with Crippen LogP contribution in [0.5, 0.6) is 0 Å². The zero-order valence-corrected chi connectivity index (χ0v) is 16.2. The summed E-state index contributed by atoms with van der Waals surface area (Å²) >= 11 is 18.3. The van der Waals surface area contributed by atoms with E-state index in [1.807, 2.05) is 24.3 Å². The Kier molecular flexibility index (Phi) is 5.12. The number of halogens is 3. The van der Waals surface area contributed by atoms with E-state index in [0.29, 0.717) is 15.1 Å². The predicted molar refractivity (Wildman–Crippen MR) is 105 cm³/mol. The van der Waals surface area contributed by atoms with Gasteiger partial charge in [-0.1, -0.05) is 71.2 Å². The number of sulfone groups is 1. The average Bonchev–Trinajstić information content (AvgIpc) is 2.58. The fourth-order valence-electron chi connectivity index (χ4n) is 2.58. The van der Waals surface area contributed by atoms with Crippen LogP contribution in [0.25, 0.3) is 22.3 Å². The molecule has 0 fully saturated rings. The summed E-state index contributed by atoms with van der Waals surface area (Å²) in [6.45, 7) is 0. The molecule has 25 heavy (non-hydrogen) atoms. The van der Waals surface area contributed by atoms with Gasteiger partial charge in [-0.25, -0.2) is 8.42 Å². The second kappa shape index (κ2) is 7.00. The summed E-state index contributed by atoms with van der Waals surface area (Å²) in [5.74, 6) is 0. The second-order valence-electron chi connectivity index (χ2n) is 5.60. The first kappa shape index (κ1) is 18.3. The molecule has 0 aliphatic carbocycles. The Balaban J connectivity index is 2.14. The highest BCUT2D eigenvalue weighted by molar-refractivity contribution is 7.90. The summed E-state index contributed by atoms with van der Waals surface area (Å²) in [5.41, 5.74) is 3.60. The predicted octanol–water partition coefficient (Wildman–Crippen LogP) is 6.38. The van der Waals surface area contributed by atoms with E-state index in [4.69, 9.17) is 34.8 Å². The molecule has 0 aliphatic rings. The van der Waals surface area contributed by atoms with Crippen LogP contribution < -0.4 is 0 Å². The molecule has 3 aromatic carbocycles. The van der Waals surface area contributed by atoms with E-state index in [2.05, 4.69) is 0 Å². The van der Waals surface area contributed by atoms with Crippen molar-refractivity contribution in [2.24, 2.45) is 0 Å². The Hall–Kier alpha value is -1.52. The van der Waals surface area contributed by atoms with Crippen molar-refractivity contribution in [1.29, 1.82) is 0 Å². The van der Waals surface area contributed by atoms with E-state index in [0.717, 1.165) is 22.3 Å². The second-order valence-corrected chi connectivity index (χ2v) is 8.80. The van der Waals surface area contributed by atoms with E-state index in [1.165, 1.54) is 6.26 Å². The van der Waals surface area contributed by atoms with Crippen molar-refractivity contribution >= 4 is 44.6 Å². The molecule has 0 heterocycles. The molecule has 0 atom stereocenters. The molecule has 3 aromatic rings. The summed E-state index contributed by atoms with van der Waals surface area (Å²) in [6, 6.07) is 18.0. The third-order valence-electron chi connectivity index (χ3n) is 3.82. The minimum absolute atomic E-state index is 0.284. The minimum Gasteiger partial charge on any atom is -0.224 e. The fourth-order valence-corrected chi connectivity index (χ4v) is 3.81. The van der Waals surface area contributed by atoms with Gasteiger partial charge in [-0.3, -0.25) is 0 Å². The highest BCUT2D eigenvalue weighted by Crippen LogP contribution is 2.38. The number of hydrogen-bond acceptors (Lipinski definition) is 2. The molecular weight excluding hydrogens is 399 g/mol. The molecule has 0 aromatic heterocycles. The van der Waals surface area contributed by atoms with Crippen LogP contribution >= 0.6 is 34.8 Å². The first-order chi connectivity index (χ1) is 11.8. The summed E-state index contributed by atoms with van der Waals surface area (Å²) < 4.78 is 23.3. The first-order valence-corrected chi connectivity index (χ1v) is 10.3. The van der Waals surface area contributed by atoms with Crippen molar-refractivity contribution in [2.75, 3.05) is 6.26 Å². The molecule has 2 nitrogen and oxygen atoms in total. The molecule has 0 saturated carbocycles. The van der Waals surface area contributed by atoms with Gasteiger partial charge >= 0.3 is 0 Å². The lowest BCUT2D eigenvalue weighted by Gasteiger charge is -2.12. The first-order valence-electron chi connectivity index (χ1n) is 7.32. The summed E-state index contributed by atoms with van der Waals surface area (Å²) in [4.78, 5) is 0.284. The molecule has 0 saturated heterocycles. The maximum absolute atomic E-state index is 11.6. The van der Waals surface area contributed by atoms with Crippen LogP contribution in [0.3, 0.4) is 0 Å². The van der Waals surface area contributed by atoms with Gasteiger partial charge in [0.1, 0.15) is 0 Å². The minimum atomic E-state index is -3.23. The molecule has 0 spiro atoms. The lowest BCUT2D eigenvalue weighted by molar-refractivity contribution is 0.602. The van der Waals surface area contributed by atoms with Crippen LogP contribution in [0.1, 0.15) is 0 Å². The van der Waals surface area contributed by atoms with Gasteiger partial charge < -0.3 is 0 Å². The van der Waals surface area contributed by atoms with E-state index in [1.54, 1.807) is 36.4 Å². The molecule has 0 N–H and O–H groups in total. The molecule has 6 heteroatoms. The van der Waals surface area contributed by atoms with Crippen LogP contribution in [-0.2, 0) is 9.84 Å². The molecule has 128 valence electrons. The van der Waals surface area contributed by atoms with Crippen molar-refractivity contribution < 1.29 is 8.42 Å². The standard InChI is InChI=1S/C19H13Cl3O2S/c1-25(23,24)14-8-6-12(7-9-14)15-4-2-3-5-16(15)13-10-17(20)19(22)18(21)11-13/h2-11H,1H3. The number of rotatable bonds is 3. The Morgan fingerprint density at radius 2 is 1.20 bits per heavy atom. The monoisotopic (exact) mass is 410 g/mol. The van der Waals surface area contributed by atoms with Gasteiger partial charge in [-0.2, -0.15) is 0 Å². The number of hydrogen-bond donors (Lipinski definition) is 0. The Morgan fingerprint density at radius 1 is 0.720 bits per heavy atom. The molecule has 3 rings (SSSR count). The molecule has 0 amide bonds. The topological polar surface area (TPSA) is 34.1 Å². The quantitative estimate of drug-likeness (QED) is 0.468. The van der Waals surface area contributed by atoms with Crippen molar-refractivity contribution in [3.63, 3.8) is 0 Å². The highest BCUT2D eigenvalue weighted by Gasteiger charge is 2.13. The zero-order valence-electron chi connectivity index (χ0n) is 13.1. The van der Waals surface area contributed by atoms with Crippen LogP contribution in [0, 0.1) is 0 Å². The van der Waals surface area contributed by atoms with Gasteiger partial charge in [-0.15, -0.1) is 0 Å². The maximum atomic E-state index is 11.6. The smallest absolute Gasteiger partial charge is 0.175 e. The van der Waals surface area contributed by atoms with E-state index < -0.39 is 9.84 Å². The highest BCUT2D eigenvalue weighted by atomic mass is 35.5.